The first kappa shape index (κ1) is 22.7. The summed E-state index contributed by atoms with van der Waals surface area (Å²) in [6, 6.07) is 4.27. The van der Waals surface area contributed by atoms with Crippen LogP contribution in [0, 0.1) is 11.6 Å². The highest BCUT2D eigenvalue weighted by Gasteiger charge is 2.35. The van der Waals surface area contributed by atoms with Gasteiger partial charge in [-0.15, -0.1) is 0 Å². The Morgan fingerprint density at radius 3 is 2.61 bits per heavy atom. The van der Waals surface area contributed by atoms with E-state index in [-0.39, 0.29) is 43.7 Å². The van der Waals surface area contributed by atoms with E-state index in [1.54, 1.807) is 0 Å². The van der Waals surface area contributed by atoms with Crippen LogP contribution in [-0.4, -0.2) is 65.5 Å². The van der Waals surface area contributed by atoms with Gasteiger partial charge in [0.15, 0.2) is 11.6 Å². The van der Waals surface area contributed by atoms with Crippen LogP contribution in [0.15, 0.2) is 36.5 Å². The summed E-state index contributed by atoms with van der Waals surface area (Å²) in [4.78, 5) is 33.1. The number of rotatable bonds is 5. The van der Waals surface area contributed by atoms with Crippen molar-refractivity contribution in [2.45, 2.75) is 18.7 Å². The zero-order valence-corrected chi connectivity index (χ0v) is 17.2. The summed E-state index contributed by atoms with van der Waals surface area (Å²) in [5.74, 6) is -2.63. The van der Waals surface area contributed by atoms with Crippen molar-refractivity contribution in [3.63, 3.8) is 0 Å². The van der Waals surface area contributed by atoms with Crippen LogP contribution in [0.1, 0.15) is 12.0 Å². The predicted molar refractivity (Wildman–Crippen MR) is 106 cm³/mol. The van der Waals surface area contributed by atoms with Gasteiger partial charge < -0.3 is 14.5 Å². The fraction of sp³-hybridized carbons (Fsp3) is 0.381. The molecular formula is C21H19F5N4O3. The van der Waals surface area contributed by atoms with Crippen molar-refractivity contribution in [3.8, 4) is 5.88 Å². The largest absolute Gasteiger partial charge is 0.472 e. The second-order valence-corrected chi connectivity index (χ2v) is 7.70. The van der Waals surface area contributed by atoms with Gasteiger partial charge in [0.05, 0.1) is 12.1 Å². The molecule has 0 bridgehead atoms. The minimum atomic E-state index is -4.52. The highest BCUT2D eigenvalue weighted by atomic mass is 19.4. The van der Waals surface area contributed by atoms with Crippen molar-refractivity contribution in [1.82, 2.24) is 14.8 Å². The molecule has 0 N–H and O–H groups in total. The van der Waals surface area contributed by atoms with Gasteiger partial charge in [0.25, 0.3) is 0 Å². The Kier molecular flexibility index (Phi) is 6.09. The Labute approximate surface area is 185 Å². The number of hydrogen-bond donors (Lipinski definition) is 0. The summed E-state index contributed by atoms with van der Waals surface area (Å²) in [5, 5.41) is 0. The van der Waals surface area contributed by atoms with Gasteiger partial charge in [0.1, 0.15) is 12.6 Å². The highest BCUT2D eigenvalue weighted by Crippen LogP contribution is 2.31. The summed E-state index contributed by atoms with van der Waals surface area (Å²) in [5.41, 5.74) is -0.686. The lowest BCUT2D eigenvalue weighted by atomic mass is 10.2. The Bertz CT molecular complexity index is 1060. The Hall–Kier alpha value is -3.44. The van der Waals surface area contributed by atoms with Crippen molar-refractivity contribution in [1.29, 1.82) is 0 Å². The van der Waals surface area contributed by atoms with Crippen LogP contribution in [-0.2, 0) is 11.0 Å². The molecular weight excluding hydrogens is 451 g/mol. The van der Waals surface area contributed by atoms with E-state index in [4.69, 9.17) is 4.74 Å². The molecule has 1 atom stereocenters. The Morgan fingerprint density at radius 1 is 1.09 bits per heavy atom. The fourth-order valence-corrected chi connectivity index (χ4v) is 3.76. The molecule has 0 aliphatic carbocycles. The van der Waals surface area contributed by atoms with Crippen LogP contribution in [0.4, 0.5) is 32.4 Å². The molecule has 2 fully saturated rings. The Balaban J connectivity index is 1.32. The molecule has 3 heterocycles. The molecule has 2 aromatic rings. The van der Waals surface area contributed by atoms with E-state index in [9.17, 15) is 31.5 Å². The van der Waals surface area contributed by atoms with Crippen LogP contribution < -0.4 is 9.64 Å². The summed E-state index contributed by atoms with van der Waals surface area (Å²) in [6.07, 6.45) is -3.64. The highest BCUT2D eigenvalue weighted by molar-refractivity contribution is 5.96. The molecule has 12 heteroatoms. The topological polar surface area (TPSA) is 66.0 Å². The van der Waals surface area contributed by atoms with Gasteiger partial charge in [-0.25, -0.2) is 18.6 Å². The van der Waals surface area contributed by atoms with Crippen LogP contribution in [0.3, 0.4) is 0 Å². The molecule has 4 rings (SSSR count). The summed E-state index contributed by atoms with van der Waals surface area (Å²) < 4.78 is 70.7. The number of anilines is 1. The average Bonchev–Trinajstić information content (AvgIpc) is 3.37. The number of alkyl halides is 3. The van der Waals surface area contributed by atoms with E-state index in [0.717, 1.165) is 30.5 Å². The standard InChI is InChI=1S/C21H19F5N4O3/c22-16-2-1-14(10-17(16)23)30-8-7-29(20(30)32)12-19(31)28-6-4-15(11-28)33-18-9-13(3-5-27-18)21(24,25)26/h1-3,5,9-10,15H,4,6-8,11-12H2. The first-order chi connectivity index (χ1) is 15.6. The smallest absolute Gasteiger partial charge is 0.416 e. The van der Waals surface area contributed by atoms with Crippen molar-refractivity contribution in [2.24, 2.45) is 0 Å². The molecule has 0 saturated carbocycles. The lowest BCUT2D eigenvalue weighted by Gasteiger charge is -2.22. The molecule has 0 radical (unpaired) electrons. The zero-order valence-electron chi connectivity index (χ0n) is 17.2. The Morgan fingerprint density at radius 2 is 1.88 bits per heavy atom. The van der Waals surface area contributed by atoms with E-state index in [0.29, 0.717) is 13.0 Å². The number of benzene rings is 1. The van der Waals surface area contributed by atoms with E-state index in [1.807, 2.05) is 0 Å². The maximum Gasteiger partial charge on any atom is 0.416 e. The zero-order chi connectivity index (χ0) is 23.8. The van der Waals surface area contributed by atoms with E-state index in [1.165, 1.54) is 20.8 Å². The first-order valence-corrected chi connectivity index (χ1v) is 10.1. The number of ether oxygens (including phenoxy) is 1. The third-order valence-electron chi connectivity index (χ3n) is 5.48. The van der Waals surface area contributed by atoms with Crippen molar-refractivity contribution < 1.29 is 36.3 Å². The van der Waals surface area contributed by atoms with Gasteiger partial charge in [-0.3, -0.25) is 9.69 Å². The number of amides is 3. The predicted octanol–water partition coefficient (Wildman–Crippen LogP) is 3.30. The molecule has 1 unspecified atom stereocenters. The number of halogens is 5. The van der Waals surface area contributed by atoms with Gasteiger partial charge in [0.2, 0.25) is 11.8 Å². The van der Waals surface area contributed by atoms with Gasteiger partial charge in [-0.1, -0.05) is 0 Å². The second kappa shape index (κ2) is 8.83. The van der Waals surface area contributed by atoms with Gasteiger partial charge in [0, 0.05) is 50.1 Å². The molecule has 2 saturated heterocycles. The third kappa shape index (κ3) is 4.99. The molecule has 2 aliphatic rings. The number of urea groups is 1. The number of carbonyl (C=O) groups excluding carboxylic acids is 2. The van der Waals surface area contributed by atoms with Crippen LogP contribution in [0.25, 0.3) is 0 Å². The molecule has 0 spiro atoms. The summed E-state index contributed by atoms with van der Waals surface area (Å²) in [7, 11) is 0. The molecule has 1 aromatic heterocycles. The van der Waals surface area contributed by atoms with E-state index >= 15 is 0 Å². The van der Waals surface area contributed by atoms with Gasteiger partial charge in [-0.05, 0) is 18.2 Å². The normalized spacial score (nSPS) is 18.9. The minimum absolute atomic E-state index is 0.145. The number of likely N-dealkylation sites (tertiary alicyclic amines) is 1. The van der Waals surface area contributed by atoms with Crippen LogP contribution in [0.5, 0.6) is 5.88 Å². The van der Waals surface area contributed by atoms with Gasteiger partial charge in [-0.2, -0.15) is 13.2 Å². The summed E-state index contributed by atoms with van der Waals surface area (Å²) >= 11 is 0. The second-order valence-electron chi connectivity index (χ2n) is 7.70. The average molecular weight is 470 g/mol. The molecule has 1 aromatic carbocycles. The van der Waals surface area contributed by atoms with Crippen LogP contribution in [0.2, 0.25) is 0 Å². The maximum atomic E-state index is 13.5. The number of aromatic nitrogens is 1. The molecule has 2 aliphatic heterocycles. The van der Waals surface area contributed by atoms with Gasteiger partial charge >= 0.3 is 12.2 Å². The number of pyridine rings is 1. The SMILES string of the molecule is O=C(CN1CCN(c2ccc(F)c(F)c2)C1=O)N1CCC(Oc2cc(C(F)(F)F)ccn2)C1. The number of nitrogens with zero attached hydrogens (tertiary/aromatic N) is 4. The van der Waals surface area contributed by atoms with E-state index < -0.39 is 35.5 Å². The number of carbonyl (C=O) groups is 2. The molecule has 7 nitrogen and oxygen atoms in total. The first-order valence-electron chi connectivity index (χ1n) is 10.1. The lowest BCUT2D eigenvalue weighted by molar-refractivity contribution is -0.137. The fourth-order valence-electron chi connectivity index (χ4n) is 3.76. The monoisotopic (exact) mass is 470 g/mol. The van der Waals surface area contributed by atoms with Crippen molar-refractivity contribution >= 4 is 17.6 Å². The van der Waals surface area contributed by atoms with E-state index in [2.05, 4.69) is 4.98 Å². The molecule has 176 valence electrons. The third-order valence-corrected chi connectivity index (χ3v) is 5.48. The summed E-state index contributed by atoms with van der Waals surface area (Å²) in [6.45, 7) is 0.687. The maximum absolute atomic E-state index is 13.5. The van der Waals surface area contributed by atoms with Crippen molar-refractivity contribution in [2.75, 3.05) is 37.6 Å². The van der Waals surface area contributed by atoms with Crippen molar-refractivity contribution in [3.05, 3.63) is 53.7 Å². The quantitative estimate of drug-likeness (QED) is 0.630. The minimum Gasteiger partial charge on any atom is -0.472 e. The lowest BCUT2D eigenvalue weighted by Crippen LogP contribution is -2.42. The molecule has 3 amide bonds. The number of hydrogen-bond acceptors (Lipinski definition) is 4. The van der Waals surface area contributed by atoms with Crippen LogP contribution >= 0.6 is 0 Å². The molecule has 33 heavy (non-hydrogen) atoms.